The summed E-state index contributed by atoms with van der Waals surface area (Å²) >= 11 is 0. The van der Waals surface area contributed by atoms with Gasteiger partial charge in [0.1, 0.15) is 5.82 Å². The van der Waals surface area contributed by atoms with E-state index >= 15 is 0 Å². The van der Waals surface area contributed by atoms with Crippen LogP contribution in [0.3, 0.4) is 0 Å². The molecule has 1 aliphatic heterocycles. The van der Waals surface area contributed by atoms with Crippen LogP contribution < -0.4 is 9.47 Å². The standard InChI is InChI=1S/C26H31N3O3/c1-4-9-20-13-14-24(25(18-20)31-3)32-17-8-16-29-22-11-6-5-10-21(22)27-26(29)23-12-7-15-28(23)19(2)30/h4-6,9-11,13-14,18,23H,7-8,12,15-17H2,1-3H3/b9-4+/t23-/m0/s1. The van der Waals surface area contributed by atoms with Crippen LogP contribution in [0.15, 0.2) is 48.5 Å². The van der Waals surface area contributed by atoms with Gasteiger partial charge in [-0.1, -0.05) is 30.4 Å². The van der Waals surface area contributed by atoms with Gasteiger partial charge in [-0.3, -0.25) is 4.79 Å². The van der Waals surface area contributed by atoms with E-state index in [1.165, 1.54) is 0 Å². The third-order valence-electron chi connectivity index (χ3n) is 5.97. The van der Waals surface area contributed by atoms with E-state index in [2.05, 4.69) is 10.6 Å². The maximum Gasteiger partial charge on any atom is 0.220 e. The number of imidazole rings is 1. The number of aromatic nitrogens is 2. The maximum absolute atomic E-state index is 12.2. The summed E-state index contributed by atoms with van der Waals surface area (Å²) < 4.78 is 13.8. The van der Waals surface area contributed by atoms with Crippen molar-refractivity contribution in [3.63, 3.8) is 0 Å². The summed E-state index contributed by atoms with van der Waals surface area (Å²) in [5, 5.41) is 0. The van der Waals surface area contributed by atoms with Crippen molar-refractivity contribution >= 4 is 23.0 Å². The van der Waals surface area contributed by atoms with E-state index in [0.717, 1.165) is 66.3 Å². The maximum atomic E-state index is 12.2. The SMILES string of the molecule is C/C=C/c1ccc(OCCCn2c([C@@H]3CCCN3C(C)=O)nc3ccccc32)c(OC)c1. The Morgan fingerprint density at radius 2 is 2.06 bits per heavy atom. The summed E-state index contributed by atoms with van der Waals surface area (Å²) in [6, 6.07) is 14.2. The number of para-hydroxylation sites is 2. The van der Waals surface area contributed by atoms with Crippen molar-refractivity contribution in [3.05, 3.63) is 59.9 Å². The number of aryl methyl sites for hydroxylation is 1. The lowest BCUT2D eigenvalue weighted by Gasteiger charge is -2.24. The van der Waals surface area contributed by atoms with Crippen molar-refractivity contribution in [2.24, 2.45) is 0 Å². The van der Waals surface area contributed by atoms with Crippen molar-refractivity contribution in [1.29, 1.82) is 0 Å². The molecule has 1 amide bonds. The Balaban J connectivity index is 1.50. The van der Waals surface area contributed by atoms with Gasteiger partial charge in [0.05, 0.1) is 30.8 Å². The molecule has 2 heterocycles. The van der Waals surface area contributed by atoms with E-state index in [9.17, 15) is 4.79 Å². The molecule has 6 heteroatoms. The van der Waals surface area contributed by atoms with Crippen LogP contribution in [0, 0.1) is 0 Å². The quantitative estimate of drug-likeness (QED) is 0.457. The number of rotatable bonds is 8. The van der Waals surface area contributed by atoms with Crippen molar-refractivity contribution in [3.8, 4) is 11.5 Å². The molecule has 0 aliphatic carbocycles. The van der Waals surface area contributed by atoms with Crippen LogP contribution in [0.4, 0.5) is 0 Å². The molecule has 1 atom stereocenters. The molecule has 168 valence electrons. The van der Waals surface area contributed by atoms with Gasteiger partial charge in [0, 0.05) is 20.0 Å². The number of nitrogens with zero attached hydrogens (tertiary/aromatic N) is 3. The molecule has 2 aromatic carbocycles. The summed E-state index contributed by atoms with van der Waals surface area (Å²) in [7, 11) is 1.66. The summed E-state index contributed by atoms with van der Waals surface area (Å²) in [6.45, 7) is 5.78. The fourth-order valence-electron chi connectivity index (χ4n) is 4.50. The average Bonchev–Trinajstić information content (AvgIpc) is 3.42. The Labute approximate surface area is 189 Å². The highest BCUT2D eigenvalue weighted by Gasteiger charge is 2.32. The normalized spacial score (nSPS) is 16.2. The number of carbonyl (C=O) groups excluding carboxylic acids is 1. The predicted octanol–water partition coefficient (Wildman–Crippen LogP) is 5.23. The van der Waals surface area contributed by atoms with Gasteiger partial charge in [0.25, 0.3) is 0 Å². The van der Waals surface area contributed by atoms with Gasteiger partial charge >= 0.3 is 0 Å². The van der Waals surface area contributed by atoms with Gasteiger partial charge in [0.15, 0.2) is 11.5 Å². The minimum absolute atomic E-state index is 0.0417. The minimum atomic E-state index is 0.0417. The van der Waals surface area contributed by atoms with Gasteiger partial charge < -0.3 is 18.9 Å². The Kier molecular flexibility index (Phi) is 6.78. The number of hydrogen-bond acceptors (Lipinski definition) is 4. The Bertz CT molecular complexity index is 1120. The van der Waals surface area contributed by atoms with Crippen molar-refractivity contribution in [2.75, 3.05) is 20.3 Å². The molecule has 0 saturated carbocycles. The zero-order valence-corrected chi connectivity index (χ0v) is 19.1. The van der Waals surface area contributed by atoms with Gasteiger partial charge in [-0.15, -0.1) is 0 Å². The summed E-state index contributed by atoms with van der Waals surface area (Å²) in [5.41, 5.74) is 3.16. The first-order valence-electron chi connectivity index (χ1n) is 11.3. The van der Waals surface area contributed by atoms with Gasteiger partial charge in [-0.25, -0.2) is 4.98 Å². The topological polar surface area (TPSA) is 56.6 Å². The Hall–Kier alpha value is -3.28. The van der Waals surface area contributed by atoms with Crippen LogP contribution in [-0.4, -0.2) is 40.6 Å². The lowest BCUT2D eigenvalue weighted by Crippen LogP contribution is -2.30. The monoisotopic (exact) mass is 433 g/mol. The smallest absolute Gasteiger partial charge is 0.220 e. The van der Waals surface area contributed by atoms with Crippen molar-refractivity contribution in [1.82, 2.24) is 14.5 Å². The van der Waals surface area contributed by atoms with E-state index < -0.39 is 0 Å². The fourth-order valence-corrected chi connectivity index (χ4v) is 4.50. The second-order valence-corrected chi connectivity index (χ2v) is 8.09. The number of fused-ring (bicyclic) bond motifs is 1. The third kappa shape index (κ3) is 4.49. The van der Waals surface area contributed by atoms with Crippen LogP contribution in [-0.2, 0) is 11.3 Å². The van der Waals surface area contributed by atoms with Crippen LogP contribution in [0.1, 0.15) is 50.5 Å². The lowest BCUT2D eigenvalue weighted by atomic mass is 10.2. The van der Waals surface area contributed by atoms with Crippen LogP contribution in [0.25, 0.3) is 17.1 Å². The number of methoxy groups -OCH3 is 1. The molecule has 1 aliphatic rings. The highest BCUT2D eigenvalue weighted by molar-refractivity contribution is 5.77. The van der Waals surface area contributed by atoms with Gasteiger partial charge in [-0.2, -0.15) is 0 Å². The first-order chi connectivity index (χ1) is 15.6. The largest absolute Gasteiger partial charge is 0.493 e. The molecular formula is C26H31N3O3. The average molecular weight is 434 g/mol. The molecule has 0 unspecified atom stereocenters. The van der Waals surface area contributed by atoms with E-state index in [1.807, 2.05) is 60.4 Å². The number of carbonyl (C=O) groups is 1. The number of hydrogen-bond donors (Lipinski definition) is 0. The fraction of sp³-hybridized carbons (Fsp3) is 0.385. The molecule has 0 spiro atoms. The summed E-state index contributed by atoms with van der Waals surface area (Å²) in [5.74, 6) is 2.57. The number of allylic oxidation sites excluding steroid dienone is 1. The molecule has 0 radical (unpaired) electrons. The van der Waals surface area contributed by atoms with Crippen LogP contribution >= 0.6 is 0 Å². The predicted molar refractivity (Wildman–Crippen MR) is 127 cm³/mol. The zero-order chi connectivity index (χ0) is 22.5. The minimum Gasteiger partial charge on any atom is -0.493 e. The van der Waals surface area contributed by atoms with Crippen LogP contribution in [0.2, 0.25) is 0 Å². The highest BCUT2D eigenvalue weighted by Crippen LogP contribution is 2.34. The number of amides is 1. The first-order valence-corrected chi connectivity index (χ1v) is 11.3. The van der Waals surface area contributed by atoms with Crippen LogP contribution in [0.5, 0.6) is 11.5 Å². The van der Waals surface area contributed by atoms with Gasteiger partial charge in [-0.05, 0) is 56.0 Å². The highest BCUT2D eigenvalue weighted by atomic mass is 16.5. The van der Waals surface area contributed by atoms with Crippen molar-refractivity contribution in [2.45, 2.75) is 45.7 Å². The molecule has 3 aromatic rings. The molecule has 32 heavy (non-hydrogen) atoms. The summed E-state index contributed by atoms with van der Waals surface area (Å²) in [4.78, 5) is 19.0. The third-order valence-corrected chi connectivity index (χ3v) is 5.97. The molecular weight excluding hydrogens is 402 g/mol. The lowest BCUT2D eigenvalue weighted by molar-refractivity contribution is -0.129. The molecule has 6 nitrogen and oxygen atoms in total. The second-order valence-electron chi connectivity index (χ2n) is 8.09. The van der Waals surface area contributed by atoms with E-state index in [4.69, 9.17) is 14.5 Å². The Morgan fingerprint density at radius 1 is 1.22 bits per heavy atom. The first kappa shape index (κ1) is 21.9. The molecule has 4 rings (SSSR count). The number of benzene rings is 2. The summed E-state index contributed by atoms with van der Waals surface area (Å²) in [6.07, 6.45) is 6.82. The van der Waals surface area contributed by atoms with E-state index in [0.29, 0.717) is 6.61 Å². The molecule has 1 aromatic heterocycles. The molecule has 0 N–H and O–H groups in total. The number of likely N-dealkylation sites (tertiary alicyclic amines) is 1. The molecule has 1 saturated heterocycles. The van der Waals surface area contributed by atoms with Gasteiger partial charge in [0.2, 0.25) is 5.91 Å². The van der Waals surface area contributed by atoms with E-state index in [1.54, 1.807) is 14.0 Å². The molecule has 1 fully saturated rings. The molecule has 0 bridgehead atoms. The van der Waals surface area contributed by atoms with E-state index in [-0.39, 0.29) is 11.9 Å². The second kappa shape index (κ2) is 9.90. The number of ether oxygens (including phenoxy) is 2. The Morgan fingerprint density at radius 3 is 2.84 bits per heavy atom. The van der Waals surface area contributed by atoms with Crippen molar-refractivity contribution < 1.29 is 14.3 Å². The zero-order valence-electron chi connectivity index (χ0n) is 19.1.